The molecule has 0 aromatic heterocycles. The second-order valence-corrected chi connectivity index (χ2v) is 7.10. The van der Waals surface area contributed by atoms with Crippen LogP contribution in [0.3, 0.4) is 0 Å². The monoisotopic (exact) mass is 370 g/mol. The number of amides is 2. The van der Waals surface area contributed by atoms with E-state index in [1.807, 2.05) is 18.2 Å². The molecule has 136 valence electrons. The van der Waals surface area contributed by atoms with Crippen molar-refractivity contribution in [1.82, 2.24) is 10.2 Å². The number of aryl methyl sites for hydroxylation is 1. The second-order valence-electron chi connectivity index (χ2n) is 6.69. The minimum absolute atomic E-state index is 0.00334. The molecule has 0 spiro atoms. The van der Waals surface area contributed by atoms with E-state index in [0.29, 0.717) is 31.0 Å². The number of carbonyl (C=O) groups excluding carboxylic acids is 2. The maximum absolute atomic E-state index is 12.6. The lowest BCUT2D eigenvalue weighted by Gasteiger charge is -2.24. The smallest absolute Gasteiger partial charge is 0.242 e. The molecule has 3 rings (SSSR count). The first-order chi connectivity index (χ1) is 12.5. The van der Waals surface area contributed by atoms with E-state index >= 15 is 0 Å². The largest absolute Gasteiger partial charge is 0.354 e. The third-order valence-electron chi connectivity index (χ3n) is 4.76. The summed E-state index contributed by atoms with van der Waals surface area (Å²) in [6, 6.07) is 15.3. The molecule has 1 aliphatic heterocycles. The molecule has 1 saturated heterocycles. The molecule has 2 amide bonds. The van der Waals surface area contributed by atoms with Crippen LogP contribution in [-0.4, -0.2) is 29.3 Å². The molecule has 0 bridgehead atoms. The van der Waals surface area contributed by atoms with Crippen molar-refractivity contribution in [2.45, 2.75) is 38.8 Å². The number of hydrogen-bond acceptors (Lipinski definition) is 2. The molecule has 4 nitrogen and oxygen atoms in total. The number of hydrogen-bond donors (Lipinski definition) is 1. The molecule has 0 saturated carbocycles. The lowest BCUT2D eigenvalue weighted by molar-refractivity contribution is -0.135. The number of nitrogens with zero attached hydrogens (tertiary/aromatic N) is 1. The predicted octanol–water partition coefficient (Wildman–Crippen LogP) is 3.50. The second kappa shape index (κ2) is 8.37. The van der Waals surface area contributed by atoms with E-state index in [9.17, 15) is 9.59 Å². The highest BCUT2D eigenvalue weighted by atomic mass is 35.5. The van der Waals surface area contributed by atoms with Crippen LogP contribution in [0.2, 0.25) is 5.02 Å². The summed E-state index contributed by atoms with van der Waals surface area (Å²) >= 11 is 6.20. The van der Waals surface area contributed by atoms with Gasteiger partial charge in [-0.2, -0.15) is 0 Å². The van der Waals surface area contributed by atoms with Crippen molar-refractivity contribution in [2.24, 2.45) is 0 Å². The molecule has 1 aliphatic rings. The molecule has 1 atom stereocenters. The fourth-order valence-electron chi connectivity index (χ4n) is 3.22. The van der Waals surface area contributed by atoms with E-state index in [0.717, 1.165) is 12.0 Å². The van der Waals surface area contributed by atoms with Gasteiger partial charge in [0.1, 0.15) is 6.04 Å². The number of carbonyl (C=O) groups is 2. The summed E-state index contributed by atoms with van der Waals surface area (Å²) in [4.78, 5) is 26.5. The topological polar surface area (TPSA) is 49.4 Å². The molecular weight excluding hydrogens is 348 g/mol. The zero-order chi connectivity index (χ0) is 18.5. The van der Waals surface area contributed by atoms with E-state index in [1.54, 1.807) is 11.0 Å². The molecule has 2 aromatic rings. The third-order valence-corrected chi connectivity index (χ3v) is 5.13. The van der Waals surface area contributed by atoms with Crippen molar-refractivity contribution < 1.29 is 9.59 Å². The standard InChI is InChI=1S/C21H23ClN2O2/c1-15-6-8-16(9-7-15)12-13-23-21(26)19-10-11-20(25)24(19)14-17-4-2-3-5-18(17)22/h2-9,19H,10-14H2,1H3,(H,23,26)/t19-/m0/s1. The van der Waals surface area contributed by atoms with Crippen LogP contribution in [0.15, 0.2) is 48.5 Å². The first kappa shape index (κ1) is 18.5. The fraction of sp³-hybridized carbons (Fsp3) is 0.333. The average Bonchev–Trinajstić information content (AvgIpc) is 2.99. The highest BCUT2D eigenvalue weighted by molar-refractivity contribution is 6.31. The molecule has 1 fully saturated rings. The normalized spacial score (nSPS) is 16.8. The maximum Gasteiger partial charge on any atom is 0.242 e. The highest BCUT2D eigenvalue weighted by Crippen LogP contribution is 2.24. The zero-order valence-electron chi connectivity index (χ0n) is 14.9. The fourth-order valence-corrected chi connectivity index (χ4v) is 3.41. The Kier molecular flexibility index (Phi) is 5.94. The lowest BCUT2D eigenvalue weighted by atomic mass is 10.1. The van der Waals surface area contributed by atoms with Crippen LogP contribution in [0, 0.1) is 6.92 Å². The number of benzene rings is 2. The molecule has 2 aromatic carbocycles. The van der Waals surface area contributed by atoms with Crippen molar-refractivity contribution >= 4 is 23.4 Å². The summed E-state index contributed by atoms with van der Waals surface area (Å²) in [7, 11) is 0. The van der Waals surface area contributed by atoms with Crippen LogP contribution in [0.1, 0.15) is 29.5 Å². The molecule has 5 heteroatoms. The van der Waals surface area contributed by atoms with Crippen LogP contribution in [0.25, 0.3) is 0 Å². The van der Waals surface area contributed by atoms with E-state index in [4.69, 9.17) is 11.6 Å². The summed E-state index contributed by atoms with van der Waals surface area (Å²) in [5.74, 6) is -0.0846. The van der Waals surface area contributed by atoms with E-state index in [2.05, 4.69) is 36.5 Å². The van der Waals surface area contributed by atoms with Crippen molar-refractivity contribution in [1.29, 1.82) is 0 Å². The molecule has 0 radical (unpaired) electrons. The van der Waals surface area contributed by atoms with Gasteiger partial charge in [0.15, 0.2) is 0 Å². The summed E-state index contributed by atoms with van der Waals surface area (Å²) in [6.07, 6.45) is 1.73. The minimum Gasteiger partial charge on any atom is -0.354 e. The highest BCUT2D eigenvalue weighted by Gasteiger charge is 2.35. The minimum atomic E-state index is -0.420. The van der Waals surface area contributed by atoms with Gasteiger partial charge in [-0.3, -0.25) is 9.59 Å². The van der Waals surface area contributed by atoms with Gasteiger partial charge in [0.05, 0.1) is 0 Å². The predicted molar refractivity (Wildman–Crippen MR) is 103 cm³/mol. The quantitative estimate of drug-likeness (QED) is 0.846. The summed E-state index contributed by atoms with van der Waals surface area (Å²) in [5, 5.41) is 3.59. The molecule has 26 heavy (non-hydrogen) atoms. The van der Waals surface area contributed by atoms with E-state index in [1.165, 1.54) is 11.1 Å². The van der Waals surface area contributed by atoms with E-state index in [-0.39, 0.29) is 11.8 Å². The van der Waals surface area contributed by atoms with Gasteiger partial charge in [0.2, 0.25) is 11.8 Å². The Hall–Kier alpha value is -2.33. The van der Waals surface area contributed by atoms with E-state index < -0.39 is 6.04 Å². The van der Waals surface area contributed by atoms with Crippen LogP contribution in [0.5, 0.6) is 0 Å². The molecule has 1 N–H and O–H groups in total. The van der Waals surface area contributed by atoms with Gasteiger partial charge in [-0.1, -0.05) is 59.6 Å². The third kappa shape index (κ3) is 4.44. The van der Waals surface area contributed by atoms with Gasteiger partial charge >= 0.3 is 0 Å². The van der Waals surface area contributed by atoms with Crippen LogP contribution in [0.4, 0.5) is 0 Å². The van der Waals surface area contributed by atoms with Gasteiger partial charge in [-0.15, -0.1) is 0 Å². The summed E-state index contributed by atoms with van der Waals surface area (Å²) in [5.41, 5.74) is 3.27. The maximum atomic E-state index is 12.6. The Labute approximate surface area is 159 Å². The van der Waals surface area contributed by atoms with Crippen LogP contribution >= 0.6 is 11.6 Å². The lowest BCUT2D eigenvalue weighted by Crippen LogP contribution is -2.44. The van der Waals surface area contributed by atoms with Crippen molar-refractivity contribution in [3.63, 3.8) is 0 Å². The Morgan fingerprint density at radius 1 is 1.19 bits per heavy atom. The molecule has 0 aliphatic carbocycles. The Morgan fingerprint density at radius 2 is 1.92 bits per heavy atom. The van der Waals surface area contributed by atoms with Gasteiger partial charge in [-0.25, -0.2) is 0 Å². The summed E-state index contributed by atoms with van der Waals surface area (Å²) in [6.45, 7) is 2.98. The van der Waals surface area contributed by atoms with Crippen molar-refractivity contribution in [3.05, 3.63) is 70.2 Å². The van der Waals surface area contributed by atoms with Gasteiger partial charge in [-0.05, 0) is 37.0 Å². The molecular formula is C21H23ClN2O2. The number of likely N-dealkylation sites (tertiary alicyclic amines) is 1. The Balaban J connectivity index is 1.57. The molecule has 1 heterocycles. The van der Waals surface area contributed by atoms with Crippen molar-refractivity contribution in [2.75, 3.05) is 6.54 Å². The zero-order valence-corrected chi connectivity index (χ0v) is 15.6. The first-order valence-electron chi connectivity index (χ1n) is 8.91. The number of halogens is 1. The average molecular weight is 371 g/mol. The summed E-state index contributed by atoms with van der Waals surface area (Å²) < 4.78 is 0. The Bertz CT molecular complexity index is 789. The van der Waals surface area contributed by atoms with Crippen LogP contribution < -0.4 is 5.32 Å². The SMILES string of the molecule is Cc1ccc(CCNC(=O)[C@@H]2CCC(=O)N2Cc2ccccc2Cl)cc1. The molecule has 0 unspecified atom stereocenters. The van der Waals surface area contributed by atoms with Gasteiger partial charge in [0.25, 0.3) is 0 Å². The van der Waals surface area contributed by atoms with Crippen molar-refractivity contribution in [3.8, 4) is 0 Å². The Morgan fingerprint density at radius 3 is 2.65 bits per heavy atom. The first-order valence-corrected chi connectivity index (χ1v) is 9.28. The number of nitrogens with one attached hydrogen (secondary N) is 1. The number of rotatable bonds is 6. The van der Waals surface area contributed by atoms with Crippen LogP contribution in [-0.2, 0) is 22.6 Å². The van der Waals surface area contributed by atoms with Gasteiger partial charge < -0.3 is 10.2 Å². The van der Waals surface area contributed by atoms with Gasteiger partial charge in [0, 0.05) is 24.5 Å².